The van der Waals surface area contributed by atoms with Crippen LogP contribution in [0.4, 0.5) is 0 Å². The van der Waals surface area contributed by atoms with Gasteiger partial charge < -0.3 is 13.7 Å². The lowest BCUT2D eigenvalue weighted by molar-refractivity contribution is 1.09. The fraction of sp³-hybridized carbons (Fsp3) is 0. The SMILES string of the molecule is c1ccc(-n2c3ccccc3c3c(-c4ccc5c6cccc7c6n(c5c4)-c4nc5ccccc5nc4-c4ccccc4-7)cccc32)cc1.c1ccc(-n2c3ccccc3c3ccc(-c4ccc5c(c4)c4cccc6c4n5-c4nc5ccccc5nc4-c4ccccc4-6)cc32)cc1.c1ccc(-n2c3ccccc3c3ccc(-c4ccc5c6cccc7c6n(c5c4)-c4nc5ccccc5nc4-c4ccccc4-7)cc32)cc1. The Morgan fingerprint density at radius 2 is 0.382 bits per heavy atom. The van der Waals surface area contributed by atoms with E-state index in [-0.39, 0.29) is 0 Å². The van der Waals surface area contributed by atoms with Crippen LogP contribution >= 0.6 is 0 Å². The van der Waals surface area contributed by atoms with Crippen molar-refractivity contribution in [1.82, 2.24) is 57.3 Å². The number of aromatic nitrogens is 12. The molecule has 144 heavy (non-hydrogen) atoms. The first-order valence-electron chi connectivity index (χ1n) is 49.1. The van der Waals surface area contributed by atoms with Gasteiger partial charge in [-0.1, -0.05) is 340 Å². The lowest BCUT2D eigenvalue weighted by Gasteiger charge is -2.13. The summed E-state index contributed by atoms with van der Waals surface area (Å²) in [6.07, 6.45) is 0. The van der Waals surface area contributed by atoms with Crippen molar-refractivity contribution in [1.29, 1.82) is 0 Å². The Morgan fingerprint density at radius 3 is 0.799 bits per heavy atom. The summed E-state index contributed by atoms with van der Waals surface area (Å²) in [5.41, 5.74) is 43.1. The van der Waals surface area contributed by atoms with Crippen molar-refractivity contribution in [3.63, 3.8) is 0 Å². The van der Waals surface area contributed by atoms with Gasteiger partial charge in [0.2, 0.25) is 0 Å². The van der Waals surface area contributed by atoms with Gasteiger partial charge in [-0.3, -0.25) is 13.7 Å². The van der Waals surface area contributed by atoms with Gasteiger partial charge in [-0.25, -0.2) is 29.9 Å². The number of hydrogen-bond donors (Lipinski definition) is 0. The Bertz CT molecular complexity index is 10700. The Kier molecular flexibility index (Phi) is 17.1. The molecule has 3 aliphatic rings. The van der Waals surface area contributed by atoms with E-state index in [1.165, 1.54) is 175 Å². The molecule has 0 N–H and O–H groups in total. The van der Waals surface area contributed by atoms with Crippen molar-refractivity contribution in [2.24, 2.45) is 0 Å². The quantitative estimate of drug-likeness (QED) is 0.164. The molecule has 30 aromatic rings. The van der Waals surface area contributed by atoms with E-state index in [0.29, 0.717) is 0 Å². The van der Waals surface area contributed by atoms with Crippen LogP contribution in [0.2, 0.25) is 0 Å². The van der Waals surface area contributed by atoms with Crippen LogP contribution in [0.15, 0.2) is 473 Å². The third kappa shape index (κ3) is 11.7. The predicted octanol–water partition coefficient (Wildman–Crippen LogP) is 33.4. The fourth-order valence-electron chi connectivity index (χ4n) is 23.9. The molecule has 0 spiro atoms. The molecular formula is C132H78N12. The zero-order chi connectivity index (χ0) is 94.0. The minimum atomic E-state index is 0.863. The summed E-state index contributed by atoms with van der Waals surface area (Å²) >= 11 is 0. The van der Waals surface area contributed by atoms with Crippen LogP contribution in [0.3, 0.4) is 0 Å². The summed E-state index contributed by atoms with van der Waals surface area (Å²) in [4.78, 5) is 31.7. The summed E-state index contributed by atoms with van der Waals surface area (Å²) in [6, 6.07) is 170. The minimum absolute atomic E-state index is 0.863. The second kappa shape index (κ2) is 31.0. The molecule has 0 atom stereocenters. The molecule has 3 aliphatic heterocycles. The first kappa shape index (κ1) is 79.5. The van der Waals surface area contributed by atoms with Crippen molar-refractivity contribution in [2.45, 2.75) is 0 Å². The Hall–Kier alpha value is -19.6. The van der Waals surface area contributed by atoms with Gasteiger partial charge >= 0.3 is 0 Å². The van der Waals surface area contributed by atoms with Gasteiger partial charge in [0.25, 0.3) is 0 Å². The molecule has 12 heterocycles. The molecule has 21 aromatic carbocycles. The van der Waals surface area contributed by atoms with Crippen LogP contribution in [0.25, 0.3) is 299 Å². The molecule has 666 valence electrons. The molecule has 0 fully saturated rings. The number of nitrogens with zero attached hydrogens (tertiary/aromatic N) is 12. The summed E-state index contributed by atoms with van der Waals surface area (Å²) < 4.78 is 14.2. The lowest BCUT2D eigenvalue weighted by atomic mass is 9.95. The Balaban J connectivity index is 0.0000000986. The first-order valence-corrected chi connectivity index (χ1v) is 49.1. The van der Waals surface area contributed by atoms with E-state index in [1.807, 2.05) is 42.5 Å². The van der Waals surface area contributed by atoms with Crippen molar-refractivity contribution >= 4 is 164 Å². The predicted molar refractivity (Wildman–Crippen MR) is 594 cm³/mol. The van der Waals surface area contributed by atoms with Gasteiger partial charge in [0.15, 0.2) is 17.5 Å². The highest BCUT2D eigenvalue weighted by Gasteiger charge is 2.33. The lowest BCUT2D eigenvalue weighted by Crippen LogP contribution is -2.02. The van der Waals surface area contributed by atoms with Crippen molar-refractivity contribution in [3.8, 4) is 135 Å². The van der Waals surface area contributed by atoms with Crippen molar-refractivity contribution < 1.29 is 0 Å². The van der Waals surface area contributed by atoms with Gasteiger partial charge in [0.1, 0.15) is 17.1 Å². The molecule has 0 saturated carbocycles. The molecule has 9 aromatic heterocycles. The second-order valence-corrected chi connectivity index (χ2v) is 37.8. The molecular weight excluding hydrogens is 1750 g/mol. The maximum absolute atomic E-state index is 5.35. The van der Waals surface area contributed by atoms with E-state index < -0.39 is 0 Å². The van der Waals surface area contributed by atoms with E-state index in [9.17, 15) is 0 Å². The number of fused-ring (bicyclic) bond motifs is 36. The molecule has 0 unspecified atom stereocenters. The highest BCUT2D eigenvalue weighted by molar-refractivity contribution is 6.23. The number of para-hydroxylation sites is 15. The number of rotatable bonds is 6. The second-order valence-electron chi connectivity index (χ2n) is 37.8. The normalized spacial score (nSPS) is 12.2. The van der Waals surface area contributed by atoms with Crippen molar-refractivity contribution in [2.75, 3.05) is 0 Å². The number of benzene rings is 21. The maximum Gasteiger partial charge on any atom is 0.165 e. The van der Waals surface area contributed by atoms with Gasteiger partial charge in [0.05, 0.1) is 99.3 Å². The van der Waals surface area contributed by atoms with E-state index in [1.54, 1.807) is 0 Å². The molecule has 0 saturated heterocycles. The molecule has 0 radical (unpaired) electrons. The minimum Gasteiger partial charge on any atom is -0.309 e. The smallest absolute Gasteiger partial charge is 0.165 e. The maximum atomic E-state index is 5.35. The highest BCUT2D eigenvalue weighted by atomic mass is 15.1. The highest BCUT2D eigenvalue weighted by Crippen LogP contribution is 2.53. The Morgan fingerprint density at radius 1 is 0.132 bits per heavy atom. The van der Waals surface area contributed by atoms with E-state index in [0.717, 1.165) is 124 Å². The third-order valence-corrected chi connectivity index (χ3v) is 30.1. The van der Waals surface area contributed by atoms with E-state index >= 15 is 0 Å². The van der Waals surface area contributed by atoms with Crippen LogP contribution in [-0.2, 0) is 0 Å². The standard InChI is InChI=1S/3C44H26N4/c1-2-12-28(13-3-1)47-38-22-9-6-16-35(38)41-29(17-11-23-39(41)47)27-24-25-31-34-19-10-18-33-30-14-4-5-15-32(30)42-44(48(43(33)34)40(31)26-27)46-37-21-8-7-20-36(37)45-42;1-2-11-29(12-3-1)47-39-20-9-6-14-31(39)32-23-21-28(26-41(32)47)27-22-24-40-36(25-27)35-17-10-16-34-30-13-4-5-15-33(30)42-44(48(40)43(34)35)46-38-19-8-7-18-37(38)45-42;1-2-11-29(12-3-1)47-39-20-9-6-14-31(39)32-23-21-27(25-40(32)47)28-22-24-33-36-17-10-16-35-30-13-4-5-15-34(30)42-44(48(43(35)36)41(33)26-28)46-38-19-8-7-18-37(38)45-42/h3*1-26H. The summed E-state index contributed by atoms with van der Waals surface area (Å²) in [5.74, 6) is 2.60. The largest absolute Gasteiger partial charge is 0.309 e. The average molecular weight is 1830 g/mol. The zero-order valence-electron chi connectivity index (χ0n) is 77.4. The fourth-order valence-corrected chi connectivity index (χ4v) is 23.9. The van der Waals surface area contributed by atoms with Crippen LogP contribution < -0.4 is 0 Å². The van der Waals surface area contributed by atoms with E-state index in [2.05, 4.69) is 458 Å². The number of hydrogen-bond acceptors (Lipinski definition) is 6. The third-order valence-electron chi connectivity index (χ3n) is 30.1. The Labute approximate surface area is 823 Å². The molecule has 0 amide bonds. The molecule has 33 rings (SSSR count). The van der Waals surface area contributed by atoms with Crippen LogP contribution in [0.5, 0.6) is 0 Å². The van der Waals surface area contributed by atoms with Gasteiger partial charge in [-0.2, -0.15) is 0 Å². The summed E-state index contributed by atoms with van der Waals surface area (Å²) in [5, 5.41) is 14.8. The molecule has 0 bridgehead atoms. The molecule has 0 aliphatic carbocycles. The monoisotopic (exact) mass is 1830 g/mol. The average Bonchev–Trinajstić information content (AvgIpc) is 1.55. The topological polar surface area (TPSA) is 107 Å². The van der Waals surface area contributed by atoms with Crippen LogP contribution in [0.1, 0.15) is 0 Å². The van der Waals surface area contributed by atoms with E-state index in [4.69, 9.17) is 29.9 Å². The zero-order valence-corrected chi connectivity index (χ0v) is 77.4. The van der Waals surface area contributed by atoms with Crippen LogP contribution in [-0.4, -0.2) is 57.3 Å². The summed E-state index contributed by atoms with van der Waals surface area (Å²) in [7, 11) is 0. The molecule has 12 nitrogen and oxygen atoms in total. The van der Waals surface area contributed by atoms with Crippen LogP contribution in [0, 0.1) is 0 Å². The molecule has 12 heteroatoms. The first-order chi connectivity index (χ1) is 71.5. The van der Waals surface area contributed by atoms with Gasteiger partial charge in [0, 0.05) is 115 Å². The van der Waals surface area contributed by atoms with Gasteiger partial charge in [-0.15, -0.1) is 0 Å². The summed E-state index contributed by atoms with van der Waals surface area (Å²) in [6.45, 7) is 0. The van der Waals surface area contributed by atoms with Crippen molar-refractivity contribution in [3.05, 3.63) is 473 Å². The van der Waals surface area contributed by atoms with Gasteiger partial charge in [-0.05, 0) is 184 Å².